The predicted octanol–water partition coefficient (Wildman–Crippen LogP) is 2.17. The molecule has 0 atom stereocenters. The molecule has 6 nitrogen and oxygen atoms in total. The first-order valence-electron chi connectivity index (χ1n) is 6.73. The Morgan fingerprint density at radius 2 is 2.00 bits per heavy atom. The zero-order valence-corrected chi connectivity index (χ0v) is 12.0. The highest BCUT2D eigenvalue weighted by Crippen LogP contribution is 2.36. The van der Waals surface area contributed by atoms with E-state index in [1.54, 1.807) is 16.7 Å². The molecule has 0 amide bonds. The van der Waals surface area contributed by atoms with Crippen molar-refractivity contribution in [3.8, 4) is 11.4 Å². The van der Waals surface area contributed by atoms with E-state index in [1.807, 2.05) is 12.1 Å². The lowest BCUT2D eigenvalue weighted by Crippen LogP contribution is -2.25. The maximum Gasteiger partial charge on any atom is 0.346 e. The molecule has 1 heterocycles. The van der Waals surface area contributed by atoms with Crippen LogP contribution in [0.25, 0.3) is 11.4 Å². The van der Waals surface area contributed by atoms with Crippen molar-refractivity contribution in [3.63, 3.8) is 0 Å². The number of aryl methyl sites for hydroxylation is 1. The normalized spacial score (nSPS) is 14.3. The van der Waals surface area contributed by atoms with Gasteiger partial charge in [0.2, 0.25) is 0 Å². The standard InChI is InChI=1S/C14H14ClN3O3/c15-10-3-1-9(2-4-10)13-16-17(8-7-12(19)20)14(21)18(13)11-5-6-11/h1-4,11H,5-8H2,(H,19,20). The van der Waals surface area contributed by atoms with Crippen LogP contribution in [0.15, 0.2) is 29.1 Å². The number of aromatic nitrogens is 3. The average molecular weight is 308 g/mol. The topological polar surface area (TPSA) is 77.1 Å². The first-order chi connectivity index (χ1) is 10.1. The molecule has 1 saturated carbocycles. The largest absolute Gasteiger partial charge is 0.481 e. The number of hydrogen-bond acceptors (Lipinski definition) is 3. The van der Waals surface area contributed by atoms with Gasteiger partial charge in [0.25, 0.3) is 0 Å². The fourth-order valence-corrected chi connectivity index (χ4v) is 2.35. The summed E-state index contributed by atoms with van der Waals surface area (Å²) in [7, 11) is 0. The number of rotatable bonds is 5. The van der Waals surface area contributed by atoms with E-state index in [0.717, 1.165) is 18.4 Å². The third-order valence-electron chi connectivity index (χ3n) is 3.42. The molecule has 7 heteroatoms. The Morgan fingerprint density at radius 1 is 1.33 bits per heavy atom. The Morgan fingerprint density at radius 3 is 2.57 bits per heavy atom. The van der Waals surface area contributed by atoms with Gasteiger partial charge in [0.15, 0.2) is 5.82 Å². The van der Waals surface area contributed by atoms with Gasteiger partial charge in [0.05, 0.1) is 13.0 Å². The Balaban J connectivity index is 2.02. The first-order valence-corrected chi connectivity index (χ1v) is 7.11. The van der Waals surface area contributed by atoms with Crippen molar-refractivity contribution >= 4 is 17.6 Å². The molecule has 0 aliphatic heterocycles. The predicted molar refractivity (Wildman–Crippen MR) is 77.5 cm³/mol. The number of carboxylic acids is 1. The van der Waals surface area contributed by atoms with Crippen LogP contribution in [0.4, 0.5) is 0 Å². The second kappa shape index (κ2) is 5.37. The second-order valence-electron chi connectivity index (χ2n) is 5.08. The van der Waals surface area contributed by atoms with Crippen LogP contribution in [-0.2, 0) is 11.3 Å². The van der Waals surface area contributed by atoms with Crippen LogP contribution in [0, 0.1) is 0 Å². The maximum atomic E-state index is 12.4. The van der Waals surface area contributed by atoms with Gasteiger partial charge < -0.3 is 5.11 Å². The summed E-state index contributed by atoms with van der Waals surface area (Å²) in [4.78, 5) is 23.0. The summed E-state index contributed by atoms with van der Waals surface area (Å²) in [5.41, 5.74) is 0.557. The molecule has 110 valence electrons. The van der Waals surface area contributed by atoms with Crippen LogP contribution < -0.4 is 5.69 Å². The number of hydrogen-bond donors (Lipinski definition) is 1. The van der Waals surface area contributed by atoms with E-state index >= 15 is 0 Å². The fourth-order valence-electron chi connectivity index (χ4n) is 2.23. The fraction of sp³-hybridized carbons (Fsp3) is 0.357. The Kier molecular flexibility index (Phi) is 3.55. The Bertz CT molecular complexity index is 729. The van der Waals surface area contributed by atoms with Crippen LogP contribution >= 0.6 is 11.6 Å². The highest BCUT2D eigenvalue weighted by atomic mass is 35.5. The molecule has 1 aromatic heterocycles. The summed E-state index contributed by atoms with van der Waals surface area (Å²) in [6.45, 7) is 0.0779. The van der Waals surface area contributed by atoms with Crippen molar-refractivity contribution in [2.75, 3.05) is 0 Å². The molecule has 1 aromatic carbocycles. The van der Waals surface area contributed by atoms with Gasteiger partial charge in [0.1, 0.15) is 0 Å². The number of carbonyl (C=O) groups is 1. The van der Waals surface area contributed by atoms with Gasteiger partial charge in [0, 0.05) is 16.6 Å². The van der Waals surface area contributed by atoms with Crippen molar-refractivity contribution in [3.05, 3.63) is 39.8 Å². The van der Waals surface area contributed by atoms with Crippen LogP contribution in [0.3, 0.4) is 0 Å². The number of benzene rings is 1. The van der Waals surface area contributed by atoms with Gasteiger partial charge in [-0.2, -0.15) is 0 Å². The molecule has 0 radical (unpaired) electrons. The number of carboxylic acid groups (broad SMARTS) is 1. The maximum absolute atomic E-state index is 12.4. The van der Waals surface area contributed by atoms with E-state index in [-0.39, 0.29) is 24.7 Å². The molecule has 1 aliphatic rings. The van der Waals surface area contributed by atoms with Crippen molar-refractivity contribution in [1.29, 1.82) is 0 Å². The molecule has 0 spiro atoms. The minimum absolute atomic E-state index is 0.0779. The van der Waals surface area contributed by atoms with Crippen LogP contribution in [-0.4, -0.2) is 25.4 Å². The summed E-state index contributed by atoms with van der Waals surface area (Å²) in [6, 6.07) is 7.28. The molecule has 0 saturated heterocycles. The molecule has 2 aromatic rings. The van der Waals surface area contributed by atoms with Crippen molar-refractivity contribution in [2.24, 2.45) is 0 Å². The highest BCUT2D eigenvalue weighted by Gasteiger charge is 2.30. The van der Waals surface area contributed by atoms with E-state index < -0.39 is 5.97 Å². The summed E-state index contributed by atoms with van der Waals surface area (Å²) < 4.78 is 2.89. The van der Waals surface area contributed by atoms with Crippen LogP contribution in [0.2, 0.25) is 5.02 Å². The van der Waals surface area contributed by atoms with Gasteiger partial charge in [-0.15, -0.1) is 5.10 Å². The number of nitrogens with zero attached hydrogens (tertiary/aromatic N) is 3. The van der Waals surface area contributed by atoms with E-state index in [9.17, 15) is 9.59 Å². The molecule has 1 fully saturated rings. The lowest BCUT2D eigenvalue weighted by atomic mass is 10.2. The Hall–Kier alpha value is -2.08. The molecule has 1 aliphatic carbocycles. The van der Waals surface area contributed by atoms with E-state index in [0.29, 0.717) is 10.8 Å². The number of aliphatic carboxylic acids is 1. The highest BCUT2D eigenvalue weighted by molar-refractivity contribution is 6.30. The second-order valence-corrected chi connectivity index (χ2v) is 5.52. The van der Waals surface area contributed by atoms with Gasteiger partial charge in [-0.1, -0.05) is 11.6 Å². The number of halogens is 1. The molecule has 0 bridgehead atoms. The molecule has 1 N–H and O–H groups in total. The minimum atomic E-state index is -0.948. The molecule has 3 rings (SSSR count). The van der Waals surface area contributed by atoms with Gasteiger partial charge in [-0.3, -0.25) is 9.36 Å². The SMILES string of the molecule is O=C(O)CCn1nc(-c2ccc(Cl)cc2)n(C2CC2)c1=O. The van der Waals surface area contributed by atoms with Crippen LogP contribution in [0.5, 0.6) is 0 Å². The third-order valence-corrected chi connectivity index (χ3v) is 3.67. The summed E-state index contributed by atoms with van der Waals surface area (Å²) >= 11 is 5.88. The van der Waals surface area contributed by atoms with Crippen LogP contribution in [0.1, 0.15) is 25.3 Å². The lowest BCUT2D eigenvalue weighted by Gasteiger charge is -2.03. The third kappa shape index (κ3) is 2.85. The van der Waals surface area contributed by atoms with E-state index in [4.69, 9.17) is 16.7 Å². The zero-order chi connectivity index (χ0) is 15.0. The monoisotopic (exact) mass is 307 g/mol. The van der Waals surface area contributed by atoms with E-state index in [1.165, 1.54) is 4.68 Å². The molecular formula is C14H14ClN3O3. The summed E-state index contributed by atoms with van der Waals surface area (Å²) in [6.07, 6.45) is 1.78. The molecule has 0 unspecified atom stereocenters. The lowest BCUT2D eigenvalue weighted by molar-refractivity contribution is -0.137. The van der Waals surface area contributed by atoms with Gasteiger partial charge in [-0.25, -0.2) is 9.48 Å². The van der Waals surface area contributed by atoms with Crippen molar-refractivity contribution in [1.82, 2.24) is 14.3 Å². The van der Waals surface area contributed by atoms with Crippen molar-refractivity contribution < 1.29 is 9.90 Å². The van der Waals surface area contributed by atoms with E-state index in [2.05, 4.69) is 5.10 Å². The van der Waals surface area contributed by atoms with Gasteiger partial charge in [-0.05, 0) is 37.1 Å². The summed E-state index contributed by atoms with van der Waals surface area (Å²) in [5.74, 6) is -0.375. The quantitative estimate of drug-likeness (QED) is 0.918. The molecular weight excluding hydrogens is 294 g/mol. The minimum Gasteiger partial charge on any atom is -0.481 e. The molecule has 21 heavy (non-hydrogen) atoms. The smallest absolute Gasteiger partial charge is 0.346 e. The Labute approximate surface area is 125 Å². The average Bonchev–Trinajstić information content (AvgIpc) is 3.22. The van der Waals surface area contributed by atoms with Gasteiger partial charge >= 0.3 is 11.7 Å². The van der Waals surface area contributed by atoms with Crippen molar-refractivity contribution in [2.45, 2.75) is 31.8 Å². The first kappa shape index (κ1) is 13.9. The zero-order valence-electron chi connectivity index (χ0n) is 11.2. The summed E-state index contributed by atoms with van der Waals surface area (Å²) in [5, 5.41) is 13.7.